The first-order valence-corrected chi connectivity index (χ1v) is 13.7. The number of unbranched alkanes of at least 4 members (excludes halogenated alkanes) is 1. The molecule has 1 N–H and O–H groups in total. The van der Waals surface area contributed by atoms with Crippen LogP contribution < -0.4 is 5.32 Å². The van der Waals surface area contributed by atoms with Gasteiger partial charge in [0.25, 0.3) is 0 Å². The van der Waals surface area contributed by atoms with Gasteiger partial charge in [-0.3, -0.25) is 9.59 Å². The minimum Gasteiger partial charge on any atom is -0.345 e. The third-order valence-electron chi connectivity index (χ3n) is 7.22. The van der Waals surface area contributed by atoms with Crippen molar-refractivity contribution in [3.05, 3.63) is 36.7 Å². The van der Waals surface area contributed by atoms with Gasteiger partial charge in [0.05, 0.1) is 5.41 Å². The molecule has 5 nitrogen and oxygen atoms in total. The standard InChI is InChI=1S/C13H22N2O2.C12H18FN.C4H10/c1-3-6-15-11(2)9-13(12(15)17)4-7-14(10-16)8-5-13;1-2-5-12(13)8-3-6-11-7-4-9-14-10-11;1-3-4-2/h10-11H,3-9H2,1-2H3;2-3,5,8,11,14H,1,4,6-7,9-10H2;3-4H2,1-2H3/b;8-3-,12-5+;. The van der Waals surface area contributed by atoms with Crippen molar-refractivity contribution in [2.75, 3.05) is 32.7 Å². The Morgan fingerprint density at radius 1 is 1.20 bits per heavy atom. The van der Waals surface area contributed by atoms with Gasteiger partial charge in [-0.15, -0.1) is 0 Å². The van der Waals surface area contributed by atoms with Crippen molar-refractivity contribution in [2.24, 2.45) is 11.3 Å². The molecule has 0 radical (unpaired) electrons. The number of carbonyl (C=O) groups is 2. The predicted molar refractivity (Wildman–Crippen MR) is 145 cm³/mol. The Kier molecular flexibility index (Phi) is 15.5. The molecule has 35 heavy (non-hydrogen) atoms. The smallest absolute Gasteiger partial charge is 0.229 e. The van der Waals surface area contributed by atoms with Crippen LogP contribution in [0.3, 0.4) is 0 Å². The number of nitrogens with zero attached hydrogens (tertiary/aromatic N) is 2. The Bertz CT molecular complexity index is 675. The van der Waals surface area contributed by atoms with Gasteiger partial charge >= 0.3 is 0 Å². The summed E-state index contributed by atoms with van der Waals surface area (Å²) in [7, 11) is 0. The Labute approximate surface area is 213 Å². The maximum absolute atomic E-state index is 12.8. The van der Waals surface area contributed by atoms with Gasteiger partial charge in [0, 0.05) is 25.7 Å². The minimum absolute atomic E-state index is 0.159. The maximum atomic E-state index is 12.8. The van der Waals surface area contributed by atoms with Gasteiger partial charge in [0.1, 0.15) is 5.83 Å². The van der Waals surface area contributed by atoms with Crippen LogP contribution in [0.25, 0.3) is 0 Å². The van der Waals surface area contributed by atoms with Gasteiger partial charge < -0.3 is 15.1 Å². The number of hydrogen-bond donors (Lipinski definition) is 1. The molecular formula is C29H50FN3O2. The molecule has 3 rings (SSSR count). The minimum atomic E-state index is -0.219. The quantitative estimate of drug-likeness (QED) is 0.333. The van der Waals surface area contributed by atoms with E-state index < -0.39 is 0 Å². The van der Waals surface area contributed by atoms with Crippen molar-refractivity contribution < 1.29 is 14.0 Å². The summed E-state index contributed by atoms with van der Waals surface area (Å²) in [5.41, 5.74) is -0.159. The molecule has 1 spiro atoms. The Hall–Kier alpha value is -1.95. The lowest BCUT2D eigenvalue weighted by Gasteiger charge is -2.36. The number of allylic oxidation sites excluding steroid dienone is 5. The van der Waals surface area contributed by atoms with Crippen molar-refractivity contribution >= 4 is 12.3 Å². The average molecular weight is 492 g/mol. The molecule has 3 fully saturated rings. The van der Waals surface area contributed by atoms with E-state index >= 15 is 0 Å². The van der Waals surface area contributed by atoms with E-state index in [1.807, 2.05) is 11.0 Å². The van der Waals surface area contributed by atoms with Crippen molar-refractivity contribution in [3.63, 3.8) is 0 Å². The second kappa shape index (κ2) is 17.5. The Morgan fingerprint density at radius 2 is 1.89 bits per heavy atom. The Balaban J connectivity index is 0.000000309. The number of hydrogen-bond acceptors (Lipinski definition) is 3. The number of rotatable bonds is 8. The van der Waals surface area contributed by atoms with Crippen LogP contribution >= 0.6 is 0 Å². The van der Waals surface area contributed by atoms with E-state index in [2.05, 4.69) is 39.6 Å². The van der Waals surface area contributed by atoms with E-state index in [0.29, 0.717) is 17.9 Å². The molecule has 0 aliphatic carbocycles. The van der Waals surface area contributed by atoms with Crippen LogP contribution in [0.5, 0.6) is 0 Å². The molecule has 2 atom stereocenters. The number of piperidine rings is 2. The SMILES string of the molecule is C=C/C=C(F)\C=C/CC1CCCNC1.CCCC.CCCN1C(=O)C2(CCN(C=O)CC2)CC1C. The van der Waals surface area contributed by atoms with Crippen molar-refractivity contribution in [1.82, 2.24) is 15.1 Å². The molecule has 3 heterocycles. The van der Waals surface area contributed by atoms with Crippen LogP contribution in [0.4, 0.5) is 4.39 Å². The van der Waals surface area contributed by atoms with Gasteiger partial charge in [-0.2, -0.15) is 0 Å². The van der Waals surface area contributed by atoms with Crippen molar-refractivity contribution in [2.45, 2.75) is 91.5 Å². The van der Waals surface area contributed by atoms with E-state index in [9.17, 15) is 14.0 Å². The fourth-order valence-electron chi connectivity index (χ4n) is 4.97. The molecule has 0 aromatic carbocycles. The summed E-state index contributed by atoms with van der Waals surface area (Å²) >= 11 is 0. The summed E-state index contributed by atoms with van der Waals surface area (Å²) in [6.45, 7) is 16.6. The molecule has 3 aliphatic heterocycles. The van der Waals surface area contributed by atoms with Crippen molar-refractivity contribution in [1.29, 1.82) is 0 Å². The molecule has 6 heteroatoms. The third kappa shape index (κ3) is 10.7. The van der Waals surface area contributed by atoms with Gasteiger partial charge in [0.2, 0.25) is 12.3 Å². The molecule has 2 amide bonds. The van der Waals surface area contributed by atoms with Crippen molar-refractivity contribution in [3.8, 4) is 0 Å². The zero-order valence-corrected chi connectivity index (χ0v) is 22.7. The fraction of sp³-hybridized carbons (Fsp3) is 0.724. The van der Waals surface area contributed by atoms with Gasteiger partial charge in [0.15, 0.2) is 0 Å². The summed E-state index contributed by atoms with van der Waals surface area (Å²) in [4.78, 5) is 27.0. The molecular weight excluding hydrogens is 441 g/mol. The molecule has 0 saturated carbocycles. The summed E-state index contributed by atoms with van der Waals surface area (Å²) in [6.07, 6.45) is 16.9. The normalized spacial score (nSPS) is 24.0. The monoisotopic (exact) mass is 491 g/mol. The predicted octanol–water partition coefficient (Wildman–Crippen LogP) is 6.03. The summed E-state index contributed by atoms with van der Waals surface area (Å²) in [6, 6.07) is 0.366. The topological polar surface area (TPSA) is 52.7 Å². The highest BCUT2D eigenvalue weighted by Crippen LogP contribution is 2.44. The van der Waals surface area contributed by atoms with Crippen LogP contribution in [-0.4, -0.2) is 60.9 Å². The molecule has 200 valence electrons. The van der Waals surface area contributed by atoms with E-state index in [-0.39, 0.29) is 11.2 Å². The maximum Gasteiger partial charge on any atom is 0.229 e. The third-order valence-corrected chi connectivity index (χ3v) is 7.22. The van der Waals surface area contributed by atoms with Gasteiger partial charge in [-0.1, -0.05) is 52.3 Å². The molecule has 2 unspecified atom stereocenters. The van der Waals surface area contributed by atoms with Gasteiger partial charge in [-0.25, -0.2) is 4.39 Å². The summed E-state index contributed by atoms with van der Waals surface area (Å²) in [5.74, 6) is 0.790. The van der Waals surface area contributed by atoms with Crippen LogP contribution in [0.15, 0.2) is 36.7 Å². The average Bonchev–Trinajstić information content (AvgIpc) is 3.10. The second-order valence-electron chi connectivity index (χ2n) is 10.1. The molecule has 0 aromatic rings. The summed E-state index contributed by atoms with van der Waals surface area (Å²) < 4.78 is 12.8. The van der Waals surface area contributed by atoms with E-state index in [1.165, 1.54) is 43.9 Å². The molecule has 0 bridgehead atoms. The lowest BCUT2D eigenvalue weighted by Crippen LogP contribution is -2.44. The number of likely N-dealkylation sites (tertiary alicyclic amines) is 2. The molecule has 0 aromatic heterocycles. The first kappa shape index (κ1) is 31.1. The highest BCUT2D eigenvalue weighted by molar-refractivity contribution is 5.85. The van der Waals surface area contributed by atoms with E-state index in [0.717, 1.165) is 71.2 Å². The van der Waals surface area contributed by atoms with Crippen LogP contribution in [0.1, 0.15) is 85.5 Å². The number of nitrogens with one attached hydrogen (secondary N) is 1. The number of halogens is 1. The highest BCUT2D eigenvalue weighted by Gasteiger charge is 2.50. The first-order valence-electron chi connectivity index (χ1n) is 13.7. The van der Waals surface area contributed by atoms with E-state index in [4.69, 9.17) is 0 Å². The highest BCUT2D eigenvalue weighted by atomic mass is 19.1. The molecule has 3 saturated heterocycles. The first-order chi connectivity index (χ1) is 16.9. The Morgan fingerprint density at radius 3 is 2.40 bits per heavy atom. The van der Waals surface area contributed by atoms with E-state index in [1.54, 1.807) is 4.90 Å². The second-order valence-corrected chi connectivity index (χ2v) is 10.1. The van der Waals surface area contributed by atoms with Gasteiger partial charge in [-0.05, 0) is 83.0 Å². The zero-order chi connectivity index (χ0) is 26.1. The largest absolute Gasteiger partial charge is 0.345 e. The fourth-order valence-corrected chi connectivity index (χ4v) is 4.97. The molecule has 3 aliphatic rings. The lowest BCUT2D eigenvalue weighted by atomic mass is 9.76. The number of carbonyl (C=O) groups excluding carboxylic acids is 2. The van der Waals surface area contributed by atoms with Crippen LogP contribution in [0, 0.1) is 11.3 Å². The summed E-state index contributed by atoms with van der Waals surface area (Å²) in [5, 5.41) is 3.34. The lowest BCUT2D eigenvalue weighted by molar-refractivity contribution is -0.140. The van der Waals surface area contributed by atoms with Crippen LogP contribution in [-0.2, 0) is 9.59 Å². The number of amides is 2. The van der Waals surface area contributed by atoms with Crippen LogP contribution in [0.2, 0.25) is 0 Å². The zero-order valence-electron chi connectivity index (χ0n) is 22.7.